The predicted molar refractivity (Wildman–Crippen MR) is 103 cm³/mol. The van der Waals surface area contributed by atoms with Gasteiger partial charge in [-0.3, -0.25) is 4.79 Å². The van der Waals surface area contributed by atoms with E-state index in [1.54, 1.807) is 14.0 Å². The van der Waals surface area contributed by atoms with Gasteiger partial charge in [-0.2, -0.15) is 0 Å². The van der Waals surface area contributed by atoms with Gasteiger partial charge in [0.25, 0.3) is 0 Å². The van der Waals surface area contributed by atoms with Crippen LogP contribution in [0.15, 0.2) is 24.3 Å². The first kappa shape index (κ1) is 21.8. The van der Waals surface area contributed by atoms with E-state index in [2.05, 4.69) is 33.0 Å². The van der Waals surface area contributed by atoms with Crippen molar-refractivity contribution in [1.29, 1.82) is 0 Å². The normalized spacial score (nSPS) is 12.6. The molecule has 6 nitrogen and oxygen atoms in total. The first-order valence-corrected chi connectivity index (χ1v) is 8.98. The number of nitrogens with one attached hydrogen (secondary N) is 1. The molecule has 2 amide bonds. The summed E-state index contributed by atoms with van der Waals surface area (Å²) in [5, 5.41) is 11.8. The highest BCUT2D eigenvalue weighted by atomic mass is 16.5. The van der Waals surface area contributed by atoms with Crippen molar-refractivity contribution in [3.8, 4) is 5.75 Å². The van der Waals surface area contributed by atoms with Gasteiger partial charge in [0.1, 0.15) is 5.75 Å². The molecule has 0 saturated heterocycles. The van der Waals surface area contributed by atoms with Crippen LogP contribution in [0.3, 0.4) is 0 Å². The number of nitrogens with zero attached hydrogens (tertiary/aromatic N) is 1. The summed E-state index contributed by atoms with van der Waals surface area (Å²) in [5.41, 5.74) is 0.835. The Labute approximate surface area is 156 Å². The van der Waals surface area contributed by atoms with E-state index in [-0.39, 0.29) is 18.0 Å². The van der Waals surface area contributed by atoms with E-state index in [1.165, 1.54) is 4.90 Å². The lowest BCUT2D eigenvalue weighted by molar-refractivity contribution is -0.141. The number of carboxylic acids is 1. The number of hydrogen-bond donors (Lipinski definition) is 2. The fourth-order valence-electron chi connectivity index (χ4n) is 2.37. The number of carbonyl (C=O) groups is 2. The molecule has 2 N–H and O–H groups in total. The quantitative estimate of drug-likeness (QED) is 0.704. The average Bonchev–Trinajstić information content (AvgIpc) is 2.58. The summed E-state index contributed by atoms with van der Waals surface area (Å²) in [6.07, 6.45) is 0. The Morgan fingerprint density at radius 2 is 1.77 bits per heavy atom. The number of rotatable bonds is 9. The molecule has 0 bridgehead atoms. The van der Waals surface area contributed by atoms with Gasteiger partial charge in [-0.05, 0) is 23.6 Å². The average molecular weight is 364 g/mol. The SMILES string of the molecule is CC(C)COc1ccc(C(C)(C)CNC(=O)N(C)CC(C)C(=O)O)cc1. The molecule has 1 aromatic carbocycles. The van der Waals surface area contributed by atoms with Crippen molar-refractivity contribution in [3.05, 3.63) is 29.8 Å². The number of carbonyl (C=O) groups excluding carboxylic acids is 1. The van der Waals surface area contributed by atoms with Gasteiger partial charge >= 0.3 is 12.0 Å². The highest BCUT2D eigenvalue weighted by molar-refractivity contribution is 5.75. The summed E-state index contributed by atoms with van der Waals surface area (Å²) in [6, 6.07) is 7.64. The molecule has 1 aromatic rings. The molecule has 0 heterocycles. The fraction of sp³-hybridized carbons (Fsp3) is 0.600. The van der Waals surface area contributed by atoms with Crippen molar-refractivity contribution < 1.29 is 19.4 Å². The summed E-state index contributed by atoms with van der Waals surface area (Å²) in [6.45, 7) is 11.2. The van der Waals surface area contributed by atoms with Gasteiger partial charge in [0.05, 0.1) is 12.5 Å². The van der Waals surface area contributed by atoms with E-state index >= 15 is 0 Å². The monoisotopic (exact) mass is 364 g/mol. The zero-order chi connectivity index (χ0) is 19.9. The molecule has 146 valence electrons. The molecule has 0 aliphatic carbocycles. The van der Waals surface area contributed by atoms with Crippen LogP contribution in [-0.4, -0.2) is 48.8 Å². The third-order valence-electron chi connectivity index (χ3n) is 4.22. The second kappa shape index (κ2) is 9.46. The van der Waals surface area contributed by atoms with E-state index in [9.17, 15) is 9.59 Å². The Hall–Kier alpha value is -2.24. The number of urea groups is 1. The van der Waals surface area contributed by atoms with Crippen LogP contribution < -0.4 is 10.1 Å². The Balaban J connectivity index is 2.59. The minimum absolute atomic E-state index is 0.170. The smallest absolute Gasteiger partial charge is 0.317 e. The lowest BCUT2D eigenvalue weighted by Crippen LogP contribution is -2.45. The third-order valence-corrected chi connectivity index (χ3v) is 4.22. The maximum Gasteiger partial charge on any atom is 0.317 e. The van der Waals surface area contributed by atoms with Gasteiger partial charge in [-0.25, -0.2) is 4.79 Å². The predicted octanol–water partition coefficient (Wildman–Crippen LogP) is 3.36. The number of ether oxygens (including phenoxy) is 1. The molecule has 6 heteroatoms. The molecular formula is C20H32N2O4. The van der Waals surface area contributed by atoms with E-state index in [0.717, 1.165) is 11.3 Å². The van der Waals surface area contributed by atoms with Crippen LogP contribution in [0.2, 0.25) is 0 Å². The van der Waals surface area contributed by atoms with Gasteiger partial charge in [-0.1, -0.05) is 46.8 Å². The molecule has 0 aromatic heterocycles. The molecule has 0 spiro atoms. The van der Waals surface area contributed by atoms with Crippen molar-refractivity contribution in [1.82, 2.24) is 10.2 Å². The molecule has 0 radical (unpaired) electrons. The van der Waals surface area contributed by atoms with Crippen LogP contribution in [-0.2, 0) is 10.2 Å². The molecule has 26 heavy (non-hydrogen) atoms. The van der Waals surface area contributed by atoms with Crippen LogP contribution in [0.1, 0.15) is 40.2 Å². The fourth-order valence-corrected chi connectivity index (χ4v) is 2.37. The van der Waals surface area contributed by atoms with Gasteiger partial charge in [0.2, 0.25) is 0 Å². The van der Waals surface area contributed by atoms with Crippen LogP contribution in [0.5, 0.6) is 5.75 Å². The number of carboxylic acid groups (broad SMARTS) is 1. The Bertz CT molecular complexity index is 596. The topological polar surface area (TPSA) is 78.9 Å². The zero-order valence-electron chi connectivity index (χ0n) is 16.7. The Morgan fingerprint density at radius 3 is 2.27 bits per heavy atom. The summed E-state index contributed by atoms with van der Waals surface area (Å²) < 4.78 is 5.70. The summed E-state index contributed by atoms with van der Waals surface area (Å²) in [7, 11) is 1.60. The minimum Gasteiger partial charge on any atom is -0.493 e. The van der Waals surface area contributed by atoms with E-state index in [1.807, 2.05) is 24.3 Å². The molecule has 0 saturated carbocycles. The second-order valence-corrected chi connectivity index (χ2v) is 7.89. The number of benzene rings is 1. The molecule has 0 fully saturated rings. The van der Waals surface area contributed by atoms with Crippen LogP contribution in [0, 0.1) is 11.8 Å². The maximum atomic E-state index is 12.2. The molecule has 1 atom stereocenters. The first-order chi connectivity index (χ1) is 12.0. The lowest BCUT2D eigenvalue weighted by atomic mass is 9.84. The first-order valence-electron chi connectivity index (χ1n) is 8.98. The van der Waals surface area contributed by atoms with Crippen LogP contribution in [0.25, 0.3) is 0 Å². The molecule has 1 rings (SSSR count). The van der Waals surface area contributed by atoms with E-state index in [4.69, 9.17) is 9.84 Å². The highest BCUT2D eigenvalue weighted by Gasteiger charge is 2.23. The minimum atomic E-state index is -0.912. The van der Waals surface area contributed by atoms with Crippen molar-refractivity contribution in [2.24, 2.45) is 11.8 Å². The van der Waals surface area contributed by atoms with Crippen molar-refractivity contribution in [2.75, 3.05) is 26.7 Å². The number of aliphatic carboxylic acids is 1. The summed E-state index contributed by atoms with van der Waals surface area (Å²) in [4.78, 5) is 24.5. The lowest BCUT2D eigenvalue weighted by Gasteiger charge is -2.28. The summed E-state index contributed by atoms with van der Waals surface area (Å²) >= 11 is 0. The van der Waals surface area contributed by atoms with Gasteiger partial charge in [-0.15, -0.1) is 0 Å². The molecule has 0 aliphatic heterocycles. The second-order valence-electron chi connectivity index (χ2n) is 7.89. The third kappa shape index (κ3) is 6.94. The summed E-state index contributed by atoms with van der Waals surface area (Å²) in [5.74, 6) is -0.200. The van der Waals surface area contributed by atoms with Crippen molar-refractivity contribution >= 4 is 12.0 Å². The molecule has 1 unspecified atom stereocenters. The zero-order valence-corrected chi connectivity index (χ0v) is 16.7. The van der Waals surface area contributed by atoms with E-state index in [0.29, 0.717) is 19.1 Å². The Morgan fingerprint density at radius 1 is 1.19 bits per heavy atom. The van der Waals surface area contributed by atoms with Crippen LogP contribution in [0.4, 0.5) is 4.79 Å². The highest BCUT2D eigenvalue weighted by Crippen LogP contribution is 2.25. The number of hydrogen-bond acceptors (Lipinski definition) is 3. The van der Waals surface area contributed by atoms with Crippen molar-refractivity contribution in [2.45, 2.75) is 40.0 Å². The van der Waals surface area contributed by atoms with Gasteiger partial charge in [0.15, 0.2) is 0 Å². The van der Waals surface area contributed by atoms with E-state index < -0.39 is 11.9 Å². The largest absolute Gasteiger partial charge is 0.493 e. The maximum absolute atomic E-state index is 12.2. The molecule has 0 aliphatic rings. The van der Waals surface area contributed by atoms with Crippen LogP contribution >= 0.6 is 0 Å². The number of amides is 2. The van der Waals surface area contributed by atoms with Gasteiger partial charge < -0.3 is 20.1 Å². The standard InChI is InChI=1S/C20H32N2O4/c1-14(2)12-26-17-9-7-16(8-10-17)20(4,5)13-21-19(25)22(6)11-15(3)18(23)24/h7-10,14-15H,11-13H2,1-6H3,(H,21,25)(H,23,24). The van der Waals surface area contributed by atoms with Crippen molar-refractivity contribution in [3.63, 3.8) is 0 Å². The molecular weight excluding hydrogens is 332 g/mol. The Kier molecular flexibility index (Phi) is 7.93. The van der Waals surface area contributed by atoms with Gasteiger partial charge in [0, 0.05) is 25.6 Å².